The molecule has 4 nitrogen and oxygen atoms in total. The third-order valence-corrected chi connectivity index (χ3v) is 6.48. The third-order valence-electron chi connectivity index (χ3n) is 4.91. The zero-order chi connectivity index (χ0) is 18.8. The van der Waals surface area contributed by atoms with Gasteiger partial charge in [0.25, 0.3) is 0 Å². The maximum atomic E-state index is 13.7. The molecule has 0 bridgehead atoms. The van der Waals surface area contributed by atoms with Crippen molar-refractivity contribution in [1.82, 2.24) is 4.72 Å². The molecule has 0 aliphatic carbocycles. The van der Waals surface area contributed by atoms with Gasteiger partial charge in [-0.25, -0.2) is 21.9 Å². The molecule has 2 aromatic carbocycles. The Bertz CT molecular complexity index is 893. The van der Waals surface area contributed by atoms with Crippen molar-refractivity contribution >= 4 is 10.0 Å². The van der Waals surface area contributed by atoms with E-state index in [2.05, 4.69) is 4.72 Å². The van der Waals surface area contributed by atoms with Gasteiger partial charge in [0.1, 0.15) is 11.6 Å². The van der Waals surface area contributed by atoms with E-state index in [1.807, 2.05) is 6.07 Å². The van der Waals surface area contributed by atoms with Crippen LogP contribution in [-0.2, 0) is 20.2 Å². The topological polar surface area (TPSA) is 55.4 Å². The third kappa shape index (κ3) is 3.95. The van der Waals surface area contributed by atoms with Gasteiger partial charge in [0.2, 0.25) is 10.0 Å². The van der Waals surface area contributed by atoms with Crippen molar-refractivity contribution < 1.29 is 21.9 Å². The molecule has 2 aromatic rings. The zero-order valence-electron chi connectivity index (χ0n) is 14.5. The molecule has 0 unspecified atom stereocenters. The molecule has 0 amide bonds. The molecule has 1 aliphatic rings. The lowest BCUT2D eigenvalue weighted by molar-refractivity contribution is 0.0516. The largest absolute Gasteiger partial charge is 0.381 e. The summed E-state index contributed by atoms with van der Waals surface area (Å²) in [5.74, 6) is -0.840. The van der Waals surface area contributed by atoms with Crippen LogP contribution in [0.5, 0.6) is 0 Å². The molecular formula is C19H21F2NO3S. The lowest BCUT2D eigenvalue weighted by Gasteiger charge is -2.38. The van der Waals surface area contributed by atoms with Gasteiger partial charge < -0.3 is 4.74 Å². The van der Waals surface area contributed by atoms with Crippen LogP contribution in [0.2, 0.25) is 0 Å². The zero-order valence-corrected chi connectivity index (χ0v) is 15.3. The van der Waals surface area contributed by atoms with Crippen molar-refractivity contribution in [3.05, 3.63) is 65.2 Å². The van der Waals surface area contributed by atoms with E-state index < -0.39 is 21.3 Å². The van der Waals surface area contributed by atoms with Crippen LogP contribution in [0.15, 0.2) is 47.4 Å². The van der Waals surface area contributed by atoms with Crippen molar-refractivity contribution in [1.29, 1.82) is 0 Å². The molecule has 0 radical (unpaired) electrons. The highest BCUT2D eigenvalue weighted by atomic mass is 32.2. The second-order valence-electron chi connectivity index (χ2n) is 6.64. The minimum absolute atomic E-state index is 0.0420. The molecule has 0 atom stereocenters. The van der Waals surface area contributed by atoms with Gasteiger partial charge >= 0.3 is 0 Å². The number of hydrogen-bond acceptors (Lipinski definition) is 3. The normalized spacial score (nSPS) is 17.2. The SMILES string of the molecule is Cc1cc(F)ccc1S(=O)(=O)NCC1(c2cccc(F)c2)CCOCC1. The number of nitrogens with one attached hydrogen (secondary N) is 1. The summed E-state index contributed by atoms with van der Waals surface area (Å²) in [4.78, 5) is 0.0420. The summed E-state index contributed by atoms with van der Waals surface area (Å²) in [7, 11) is -3.81. The second-order valence-corrected chi connectivity index (χ2v) is 8.37. The fraction of sp³-hybridized carbons (Fsp3) is 0.368. The lowest BCUT2D eigenvalue weighted by Crippen LogP contribution is -2.44. The Labute approximate surface area is 152 Å². The first-order valence-electron chi connectivity index (χ1n) is 8.42. The molecule has 1 heterocycles. The molecule has 0 spiro atoms. The highest BCUT2D eigenvalue weighted by Gasteiger charge is 2.36. The van der Waals surface area contributed by atoms with Crippen LogP contribution in [0.25, 0.3) is 0 Å². The maximum absolute atomic E-state index is 13.7. The number of hydrogen-bond donors (Lipinski definition) is 1. The van der Waals surface area contributed by atoms with Crippen molar-refractivity contribution in [2.24, 2.45) is 0 Å². The van der Waals surface area contributed by atoms with Crippen molar-refractivity contribution in [2.45, 2.75) is 30.1 Å². The Morgan fingerprint density at radius 2 is 1.77 bits per heavy atom. The molecule has 26 heavy (non-hydrogen) atoms. The van der Waals surface area contributed by atoms with Gasteiger partial charge in [0.05, 0.1) is 4.90 Å². The van der Waals surface area contributed by atoms with Crippen LogP contribution in [0.3, 0.4) is 0 Å². The van der Waals surface area contributed by atoms with Crippen LogP contribution >= 0.6 is 0 Å². The van der Waals surface area contributed by atoms with E-state index in [1.54, 1.807) is 13.0 Å². The van der Waals surface area contributed by atoms with Gasteiger partial charge in [-0.1, -0.05) is 12.1 Å². The number of benzene rings is 2. The summed E-state index contributed by atoms with van der Waals surface area (Å²) >= 11 is 0. The molecule has 1 aliphatic heterocycles. The molecule has 7 heteroatoms. The predicted molar refractivity (Wildman–Crippen MR) is 94.5 cm³/mol. The van der Waals surface area contributed by atoms with Crippen molar-refractivity contribution in [2.75, 3.05) is 19.8 Å². The summed E-state index contributed by atoms with van der Waals surface area (Å²) in [6, 6.07) is 9.81. The van der Waals surface area contributed by atoms with Gasteiger partial charge in [-0.3, -0.25) is 0 Å². The summed E-state index contributed by atoms with van der Waals surface area (Å²) in [6.07, 6.45) is 1.17. The Balaban J connectivity index is 1.88. The molecule has 0 aromatic heterocycles. The standard InChI is InChI=1S/C19H21F2NO3S/c1-14-11-17(21)5-6-18(14)26(23,24)22-13-19(7-9-25-10-8-19)15-3-2-4-16(20)12-15/h2-6,11-12,22H,7-10,13H2,1H3. The summed E-state index contributed by atoms with van der Waals surface area (Å²) in [6.45, 7) is 2.63. The van der Waals surface area contributed by atoms with Crippen molar-refractivity contribution in [3.63, 3.8) is 0 Å². The molecule has 0 saturated carbocycles. The van der Waals surface area contributed by atoms with E-state index in [0.717, 1.165) is 11.6 Å². The first-order valence-corrected chi connectivity index (χ1v) is 9.90. The summed E-state index contributed by atoms with van der Waals surface area (Å²) in [5.41, 5.74) is 0.546. The fourth-order valence-corrected chi connectivity index (χ4v) is 4.73. The van der Waals surface area contributed by atoms with Gasteiger partial charge in [0, 0.05) is 25.2 Å². The molecule has 3 rings (SSSR count). The Morgan fingerprint density at radius 1 is 1.08 bits per heavy atom. The van der Waals surface area contributed by atoms with E-state index in [4.69, 9.17) is 4.74 Å². The van der Waals surface area contributed by atoms with Gasteiger partial charge in [0.15, 0.2) is 0 Å². The highest BCUT2D eigenvalue weighted by molar-refractivity contribution is 7.89. The van der Waals surface area contributed by atoms with Gasteiger partial charge in [-0.15, -0.1) is 0 Å². The molecule has 1 fully saturated rings. The first kappa shape index (κ1) is 18.9. The quantitative estimate of drug-likeness (QED) is 0.865. The van der Waals surface area contributed by atoms with Crippen molar-refractivity contribution in [3.8, 4) is 0 Å². The maximum Gasteiger partial charge on any atom is 0.240 e. The van der Waals surface area contributed by atoms with Crippen LogP contribution in [0.1, 0.15) is 24.0 Å². The number of halogens is 2. The molecule has 1 N–H and O–H groups in total. The molecule has 1 saturated heterocycles. The van der Waals surface area contributed by atoms with E-state index in [1.165, 1.54) is 24.3 Å². The van der Waals surface area contributed by atoms with E-state index >= 15 is 0 Å². The molecular weight excluding hydrogens is 360 g/mol. The minimum atomic E-state index is -3.81. The Kier molecular flexibility index (Phi) is 5.41. The van der Waals surface area contributed by atoms with E-state index in [9.17, 15) is 17.2 Å². The summed E-state index contributed by atoms with van der Waals surface area (Å²) < 4.78 is 60.5. The van der Waals surface area contributed by atoms with Crippen LogP contribution < -0.4 is 4.72 Å². The number of ether oxygens (including phenoxy) is 1. The highest BCUT2D eigenvalue weighted by Crippen LogP contribution is 2.35. The van der Waals surface area contributed by atoms with Gasteiger partial charge in [-0.05, 0) is 61.2 Å². The van der Waals surface area contributed by atoms with Crippen LogP contribution in [-0.4, -0.2) is 28.2 Å². The van der Waals surface area contributed by atoms with Gasteiger partial charge in [-0.2, -0.15) is 0 Å². The minimum Gasteiger partial charge on any atom is -0.381 e. The number of sulfonamides is 1. The van der Waals surface area contributed by atoms with E-state index in [0.29, 0.717) is 31.6 Å². The smallest absolute Gasteiger partial charge is 0.240 e. The lowest BCUT2D eigenvalue weighted by atomic mass is 9.74. The predicted octanol–water partition coefficient (Wildman–Crippen LogP) is 3.30. The average Bonchev–Trinajstić information content (AvgIpc) is 2.61. The molecule has 140 valence electrons. The number of aryl methyl sites for hydroxylation is 1. The van der Waals surface area contributed by atoms with Crippen LogP contribution in [0, 0.1) is 18.6 Å². The fourth-order valence-electron chi connectivity index (χ4n) is 3.37. The number of rotatable bonds is 5. The van der Waals surface area contributed by atoms with Crippen LogP contribution in [0.4, 0.5) is 8.78 Å². The first-order chi connectivity index (χ1) is 12.3. The Hall–Kier alpha value is -1.83. The Morgan fingerprint density at radius 3 is 2.42 bits per heavy atom. The van der Waals surface area contributed by atoms with E-state index in [-0.39, 0.29) is 17.3 Å². The monoisotopic (exact) mass is 381 g/mol. The average molecular weight is 381 g/mol. The second kappa shape index (κ2) is 7.42. The summed E-state index contributed by atoms with van der Waals surface area (Å²) in [5, 5.41) is 0.